The highest BCUT2D eigenvalue weighted by molar-refractivity contribution is 5.25. The fraction of sp³-hybridized carbons (Fsp3) is 0.273. The second-order valence-corrected chi connectivity index (χ2v) is 3.19. The smallest absolute Gasteiger partial charge is 0.165 e. The van der Waals surface area contributed by atoms with E-state index in [-0.39, 0.29) is 5.75 Å². The zero-order chi connectivity index (χ0) is 9.90. The summed E-state index contributed by atoms with van der Waals surface area (Å²) in [5, 5.41) is 0. The van der Waals surface area contributed by atoms with Gasteiger partial charge in [0.2, 0.25) is 0 Å². The van der Waals surface area contributed by atoms with Crippen molar-refractivity contribution in [3.8, 4) is 18.1 Å². The lowest BCUT2D eigenvalue weighted by atomic mass is 10.1. The number of halogens is 1. The Balaban J connectivity index is 2.88. The fourth-order valence-electron chi connectivity index (χ4n) is 0.832. The van der Waals surface area contributed by atoms with Crippen LogP contribution in [0.5, 0.6) is 5.75 Å². The molecule has 1 aromatic carbocycles. The number of hydrogen-bond acceptors (Lipinski definition) is 1. The monoisotopic (exact) mass is 178 g/mol. The highest BCUT2D eigenvalue weighted by Gasteiger charge is 2.17. The van der Waals surface area contributed by atoms with Crippen LogP contribution in [-0.4, -0.2) is 5.60 Å². The molecule has 0 aliphatic rings. The molecule has 0 aliphatic heterocycles. The molecule has 0 unspecified atom stereocenters. The molecule has 1 aromatic rings. The van der Waals surface area contributed by atoms with E-state index < -0.39 is 11.4 Å². The van der Waals surface area contributed by atoms with Crippen LogP contribution in [0.2, 0.25) is 0 Å². The van der Waals surface area contributed by atoms with E-state index in [2.05, 4.69) is 5.92 Å². The first-order valence-electron chi connectivity index (χ1n) is 3.96. The van der Waals surface area contributed by atoms with E-state index >= 15 is 0 Å². The molecule has 0 heterocycles. The predicted molar refractivity (Wildman–Crippen MR) is 49.9 cm³/mol. The van der Waals surface area contributed by atoms with Gasteiger partial charge >= 0.3 is 0 Å². The number of rotatable bonds is 2. The molecule has 0 aromatic heterocycles. The maximum atomic E-state index is 13.1. The first kappa shape index (κ1) is 9.60. The minimum atomic E-state index is -0.776. The van der Waals surface area contributed by atoms with Crippen molar-refractivity contribution in [1.82, 2.24) is 0 Å². The third kappa shape index (κ3) is 2.48. The molecule has 0 radical (unpaired) electrons. The number of benzene rings is 1. The van der Waals surface area contributed by atoms with Crippen LogP contribution >= 0.6 is 0 Å². The minimum absolute atomic E-state index is 0.186. The van der Waals surface area contributed by atoms with Gasteiger partial charge in [-0.1, -0.05) is 18.1 Å². The Kier molecular flexibility index (Phi) is 2.57. The van der Waals surface area contributed by atoms with Gasteiger partial charge in [-0.15, -0.1) is 6.42 Å². The van der Waals surface area contributed by atoms with Gasteiger partial charge in [-0.05, 0) is 26.0 Å². The van der Waals surface area contributed by atoms with Crippen LogP contribution < -0.4 is 4.74 Å². The van der Waals surface area contributed by atoms with Gasteiger partial charge in [-0.2, -0.15) is 0 Å². The molecule has 0 bridgehead atoms. The van der Waals surface area contributed by atoms with E-state index in [0.717, 1.165) is 0 Å². The average molecular weight is 178 g/mol. The maximum absolute atomic E-state index is 13.1. The van der Waals surface area contributed by atoms with Gasteiger partial charge in [-0.3, -0.25) is 0 Å². The molecule has 13 heavy (non-hydrogen) atoms. The first-order chi connectivity index (χ1) is 6.05. The van der Waals surface area contributed by atoms with Gasteiger partial charge in [0, 0.05) is 0 Å². The van der Waals surface area contributed by atoms with Gasteiger partial charge in [0.05, 0.1) is 0 Å². The van der Waals surface area contributed by atoms with Gasteiger partial charge < -0.3 is 4.74 Å². The zero-order valence-electron chi connectivity index (χ0n) is 7.67. The Morgan fingerprint density at radius 3 is 2.54 bits per heavy atom. The standard InChI is InChI=1S/C11H11FO/c1-4-11(2,3)13-10-8-6-5-7-9(10)12/h1,5-8H,2-3H3. The van der Waals surface area contributed by atoms with Crippen molar-refractivity contribution >= 4 is 0 Å². The third-order valence-electron chi connectivity index (χ3n) is 1.55. The molecule has 0 amide bonds. The summed E-state index contributed by atoms with van der Waals surface area (Å²) in [4.78, 5) is 0. The van der Waals surface area contributed by atoms with Gasteiger partial charge in [0.1, 0.15) is 0 Å². The van der Waals surface area contributed by atoms with Gasteiger partial charge in [0.25, 0.3) is 0 Å². The van der Waals surface area contributed by atoms with Crippen LogP contribution in [0.4, 0.5) is 4.39 Å². The number of hydrogen-bond donors (Lipinski definition) is 0. The van der Waals surface area contributed by atoms with Crippen molar-refractivity contribution in [2.24, 2.45) is 0 Å². The molecule has 0 aliphatic carbocycles. The van der Waals surface area contributed by atoms with Crippen LogP contribution in [0, 0.1) is 18.2 Å². The Labute approximate surface area is 77.5 Å². The molecule has 68 valence electrons. The topological polar surface area (TPSA) is 9.23 Å². The Morgan fingerprint density at radius 1 is 1.38 bits per heavy atom. The molecule has 1 nitrogen and oxygen atoms in total. The molecule has 0 N–H and O–H groups in total. The molecule has 0 saturated heterocycles. The average Bonchev–Trinajstić information content (AvgIpc) is 2.09. The van der Waals surface area contributed by atoms with Crippen LogP contribution in [0.3, 0.4) is 0 Å². The Hall–Kier alpha value is -1.49. The Morgan fingerprint density at radius 2 is 2.00 bits per heavy atom. The van der Waals surface area contributed by atoms with E-state index in [1.165, 1.54) is 6.07 Å². The first-order valence-corrected chi connectivity index (χ1v) is 3.96. The number of terminal acetylenes is 1. The molecule has 0 saturated carbocycles. The van der Waals surface area contributed by atoms with E-state index in [4.69, 9.17) is 11.2 Å². The van der Waals surface area contributed by atoms with Crippen molar-refractivity contribution in [3.05, 3.63) is 30.1 Å². The minimum Gasteiger partial charge on any atom is -0.472 e. The summed E-state index contributed by atoms with van der Waals surface area (Å²) in [6.45, 7) is 3.42. The highest BCUT2D eigenvalue weighted by Crippen LogP contribution is 2.20. The van der Waals surface area contributed by atoms with Gasteiger partial charge in [0.15, 0.2) is 17.2 Å². The second-order valence-electron chi connectivity index (χ2n) is 3.19. The number of para-hydroxylation sites is 1. The molecule has 0 fully saturated rings. The van der Waals surface area contributed by atoms with Crippen molar-refractivity contribution in [2.45, 2.75) is 19.4 Å². The van der Waals surface area contributed by atoms with E-state index in [9.17, 15) is 4.39 Å². The Bertz CT molecular complexity index is 336. The molecule has 1 rings (SSSR count). The van der Waals surface area contributed by atoms with Gasteiger partial charge in [-0.25, -0.2) is 4.39 Å². The van der Waals surface area contributed by atoms with Crippen molar-refractivity contribution in [1.29, 1.82) is 0 Å². The SMILES string of the molecule is C#CC(C)(C)Oc1ccccc1F. The van der Waals surface area contributed by atoms with Crippen LogP contribution in [0.25, 0.3) is 0 Å². The molecule has 0 atom stereocenters. The zero-order valence-corrected chi connectivity index (χ0v) is 7.67. The molecule has 0 spiro atoms. The number of ether oxygens (including phenoxy) is 1. The van der Waals surface area contributed by atoms with Crippen LogP contribution in [0.1, 0.15) is 13.8 Å². The van der Waals surface area contributed by atoms with E-state index in [0.29, 0.717) is 0 Å². The lowest BCUT2D eigenvalue weighted by Crippen LogP contribution is -2.25. The van der Waals surface area contributed by atoms with Crippen molar-refractivity contribution in [3.63, 3.8) is 0 Å². The predicted octanol–water partition coefficient (Wildman–Crippen LogP) is 2.62. The molecular weight excluding hydrogens is 167 g/mol. The fourth-order valence-corrected chi connectivity index (χ4v) is 0.832. The summed E-state index contributed by atoms with van der Waals surface area (Å²) < 4.78 is 18.3. The van der Waals surface area contributed by atoms with Crippen molar-refractivity contribution < 1.29 is 9.13 Å². The lowest BCUT2D eigenvalue weighted by molar-refractivity contribution is 0.164. The normalized spacial score (nSPS) is 10.6. The van der Waals surface area contributed by atoms with Crippen molar-refractivity contribution in [2.75, 3.05) is 0 Å². The summed E-state index contributed by atoms with van der Waals surface area (Å²) in [6.07, 6.45) is 5.21. The van der Waals surface area contributed by atoms with E-state index in [1.807, 2.05) is 0 Å². The highest BCUT2D eigenvalue weighted by atomic mass is 19.1. The van der Waals surface area contributed by atoms with E-state index in [1.54, 1.807) is 32.0 Å². The quantitative estimate of drug-likeness (QED) is 0.632. The lowest BCUT2D eigenvalue weighted by Gasteiger charge is -2.20. The summed E-state index contributed by atoms with van der Waals surface area (Å²) in [5.74, 6) is 2.22. The largest absolute Gasteiger partial charge is 0.472 e. The molecular formula is C11H11FO. The summed E-state index contributed by atoms with van der Waals surface area (Å²) >= 11 is 0. The summed E-state index contributed by atoms with van der Waals surface area (Å²) in [7, 11) is 0. The summed E-state index contributed by atoms with van der Waals surface area (Å²) in [6, 6.07) is 6.19. The maximum Gasteiger partial charge on any atom is 0.165 e. The van der Waals surface area contributed by atoms with Crippen LogP contribution in [-0.2, 0) is 0 Å². The third-order valence-corrected chi connectivity index (χ3v) is 1.55. The van der Waals surface area contributed by atoms with Crippen LogP contribution in [0.15, 0.2) is 24.3 Å². The molecule has 2 heteroatoms. The second kappa shape index (κ2) is 3.49. The summed E-state index contributed by atoms with van der Waals surface area (Å²) in [5.41, 5.74) is -0.776.